The summed E-state index contributed by atoms with van der Waals surface area (Å²) in [6.45, 7) is 0. The van der Waals surface area contributed by atoms with Gasteiger partial charge in [0.1, 0.15) is 5.56 Å². The number of carbonyl (C=O) groups is 2. The van der Waals surface area contributed by atoms with Crippen LogP contribution in [0.2, 0.25) is 0 Å². The van der Waals surface area contributed by atoms with E-state index in [1.807, 2.05) is 0 Å². The molecule has 1 heterocycles. The van der Waals surface area contributed by atoms with Gasteiger partial charge in [-0.1, -0.05) is 0 Å². The highest BCUT2D eigenvalue weighted by Crippen LogP contribution is 2.39. The van der Waals surface area contributed by atoms with Gasteiger partial charge in [0.2, 0.25) is 11.8 Å². The molecular weight excluding hydrogens is 281 g/mol. The lowest BCUT2D eigenvalue weighted by Gasteiger charge is -2.16. The topological polar surface area (TPSA) is 80.5 Å². The van der Waals surface area contributed by atoms with E-state index in [1.165, 1.54) is 0 Å². The third kappa shape index (κ3) is 2.33. The summed E-state index contributed by atoms with van der Waals surface area (Å²) in [5.41, 5.74) is -2.93. The van der Waals surface area contributed by atoms with E-state index in [0.717, 1.165) is 6.07 Å². The van der Waals surface area contributed by atoms with Crippen molar-refractivity contribution in [3.8, 4) is 0 Å². The number of nitro groups is 1. The third-order valence-corrected chi connectivity index (χ3v) is 2.79. The summed E-state index contributed by atoms with van der Waals surface area (Å²) < 4.78 is 38.3. The van der Waals surface area contributed by atoms with E-state index >= 15 is 0 Å². The van der Waals surface area contributed by atoms with Crippen molar-refractivity contribution in [1.29, 1.82) is 0 Å². The minimum atomic E-state index is -4.95. The molecule has 0 radical (unpaired) electrons. The molecule has 0 atom stereocenters. The summed E-state index contributed by atoms with van der Waals surface area (Å²) in [6, 6.07) is 2.03. The number of imide groups is 1. The zero-order valence-corrected chi connectivity index (χ0v) is 9.81. The molecule has 0 unspecified atom stereocenters. The molecule has 0 aromatic heterocycles. The van der Waals surface area contributed by atoms with Crippen LogP contribution in [0.15, 0.2) is 18.2 Å². The minimum absolute atomic E-state index is 0.0861. The van der Waals surface area contributed by atoms with E-state index in [2.05, 4.69) is 0 Å². The van der Waals surface area contributed by atoms with Crippen molar-refractivity contribution in [3.63, 3.8) is 0 Å². The lowest BCUT2D eigenvalue weighted by atomic mass is 10.1. The molecule has 1 aromatic carbocycles. The molecule has 1 saturated heterocycles. The summed E-state index contributed by atoms with van der Waals surface area (Å²) in [5, 5.41) is 10.6. The molecule has 1 aliphatic heterocycles. The predicted octanol–water partition coefficient (Wildman–Crippen LogP) is 2.27. The maximum Gasteiger partial charge on any atom is 0.423 e. The molecule has 1 aromatic rings. The van der Waals surface area contributed by atoms with E-state index in [4.69, 9.17) is 0 Å². The monoisotopic (exact) mass is 288 g/mol. The van der Waals surface area contributed by atoms with Gasteiger partial charge in [0.25, 0.3) is 5.69 Å². The minimum Gasteiger partial charge on any atom is -0.274 e. The molecule has 2 rings (SSSR count). The summed E-state index contributed by atoms with van der Waals surface area (Å²) in [5.74, 6) is -1.26. The van der Waals surface area contributed by atoms with Gasteiger partial charge >= 0.3 is 6.18 Å². The summed E-state index contributed by atoms with van der Waals surface area (Å²) in [6.07, 6.45) is -5.13. The highest BCUT2D eigenvalue weighted by atomic mass is 19.4. The number of anilines is 1. The van der Waals surface area contributed by atoms with E-state index < -0.39 is 34.2 Å². The number of hydrogen-bond donors (Lipinski definition) is 0. The number of alkyl halides is 3. The van der Waals surface area contributed by atoms with Gasteiger partial charge in [0, 0.05) is 18.9 Å². The first kappa shape index (κ1) is 14.0. The number of hydrogen-bond acceptors (Lipinski definition) is 4. The predicted molar refractivity (Wildman–Crippen MR) is 59.8 cm³/mol. The van der Waals surface area contributed by atoms with Crippen LogP contribution in [0.25, 0.3) is 0 Å². The standard InChI is InChI=1S/C11H7F3N2O4/c12-11(13,14)7-5-6(1-2-8(7)16(19)20)15-9(17)3-4-10(15)18/h1-2,5H,3-4H2. The Hall–Kier alpha value is -2.45. The van der Waals surface area contributed by atoms with E-state index in [0.29, 0.717) is 17.0 Å². The Balaban J connectivity index is 2.56. The summed E-state index contributed by atoms with van der Waals surface area (Å²) >= 11 is 0. The quantitative estimate of drug-likeness (QED) is 0.475. The molecule has 9 heteroatoms. The summed E-state index contributed by atoms with van der Waals surface area (Å²) in [7, 11) is 0. The molecule has 0 aliphatic carbocycles. The molecule has 1 aliphatic rings. The van der Waals surface area contributed by atoms with Crippen LogP contribution in [-0.2, 0) is 15.8 Å². The van der Waals surface area contributed by atoms with Crippen molar-refractivity contribution in [3.05, 3.63) is 33.9 Å². The molecule has 0 bridgehead atoms. The van der Waals surface area contributed by atoms with Crippen LogP contribution >= 0.6 is 0 Å². The smallest absolute Gasteiger partial charge is 0.274 e. The van der Waals surface area contributed by atoms with Gasteiger partial charge in [-0.2, -0.15) is 13.2 Å². The second-order valence-corrected chi connectivity index (χ2v) is 4.08. The van der Waals surface area contributed by atoms with E-state index in [1.54, 1.807) is 0 Å². The highest BCUT2D eigenvalue weighted by molar-refractivity contribution is 6.19. The second kappa shape index (κ2) is 4.58. The fraction of sp³-hybridized carbons (Fsp3) is 0.273. The first-order chi connectivity index (χ1) is 9.21. The molecule has 0 N–H and O–H groups in total. The van der Waals surface area contributed by atoms with Gasteiger partial charge in [-0.3, -0.25) is 24.6 Å². The van der Waals surface area contributed by atoms with Crippen LogP contribution in [0.1, 0.15) is 18.4 Å². The van der Waals surface area contributed by atoms with Gasteiger partial charge in [0.05, 0.1) is 10.6 Å². The number of benzene rings is 1. The maximum absolute atomic E-state index is 12.8. The van der Waals surface area contributed by atoms with Crippen molar-refractivity contribution >= 4 is 23.2 Å². The fourth-order valence-electron chi connectivity index (χ4n) is 1.91. The molecule has 20 heavy (non-hydrogen) atoms. The maximum atomic E-state index is 12.8. The lowest BCUT2D eigenvalue weighted by molar-refractivity contribution is -0.388. The SMILES string of the molecule is O=C1CCC(=O)N1c1ccc([N+](=O)[O-])c(C(F)(F)F)c1. The van der Waals surface area contributed by atoms with Crippen molar-refractivity contribution in [1.82, 2.24) is 0 Å². The molecule has 2 amide bonds. The first-order valence-electron chi connectivity index (χ1n) is 5.43. The highest BCUT2D eigenvalue weighted by Gasteiger charge is 2.40. The number of nitrogens with zero attached hydrogens (tertiary/aromatic N) is 2. The van der Waals surface area contributed by atoms with Crippen LogP contribution in [0.3, 0.4) is 0 Å². The Morgan fingerprint density at radius 2 is 1.70 bits per heavy atom. The number of nitro benzene ring substituents is 1. The van der Waals surface area contributed by atoms with Crippen LogP contribution < -0.4 is 4.90 Å². The van der Waals surface area contributed by atoms with Gasteiger partial charge in [-0.15, -0.1) is 0 Å². The van der Waals surface area contributed by atoms with Gasteiger partial charge in [-0.05, 0) is 12.1 Å². The van der Waals surface area contributed by atoms with Crippen LogP contribution in [0.4, 0.5) is 24.5 Å². The number of amides is 2. The largest absolute Gasteiger partial charge is 0.423 e. The molecule has 0 saturated carbocycles. The molecule has 0 spiro atoms. The van der Waals surface area contributed by atoms with Gasteiger partial charge in [-0.25, -0.2) is 0 Å². The Labute approximate surface area is 109 Å². The van der Waals surface area contributed by atoms with Crippen molar-refractivity contribution < 1.29 is 27.7 Å². The van der Waals surface area contributed by atoms with Crippen molar-refractivity contribution in [2.45, 2.75) is 19.0 Å². The zero-order chi connectivity index (χ0) is 15.1. The number of carbonyl (C=O) groups excluding carboxylic acids is 2. The third-order valence-electron chi connectivity index (χ3n) is 2.79. The Morgan fingerprint density at radius 1 is 1.15 bits per heavy atom. The molecule has 106 valence electrons. The van der Waals surface area contributed by atoms with Crippen LogP contribution in [0.5, 0.6) is 0 Å². The molecule has 6 nitrogen and oxygen atoms in total. The Morgan fingerprint density at radius 3 is 2.15 bits per heavy atom. The molecule has 1 fully saturated rings. The number of halogens is 3. The second-order valence-electron chi connectivity index (χ2n) is 4.08. The Bertz CT molecular complexity index is 596. The summed E-state index contributed by atoms with van der Waals surface area (Å²) in [4.78, 5) is 32.9. The zero-order valence-electron chi connectivity index (χ0n) is 9.81. The number of rotatable bonds is 2. The Kier molecular flexibility index (Phi) is 3.20. The first-order valence-corrected chi connectivity index (χ1v) is 5.43. The average molecular weight is 288 g/mol. The normalized spacial score (nSPS) is 15.8. The lowest BCUT2D eigenvalue weighted by Crippen LogP contribution is -2.29. The van der Waals surface area contributed by atoms with E-state index in [-0.39, 0.29) is 18.5 Å². The average Bonchev–Trinajstić information content (AvgIpc) is 2.67. The van der Waals surface area contributed by atoms with Crippen molar-refractivity contribution in [2.75, 3.05) is 4.90 Å². The fourth-order valence-corrected chi connectivity index (χ4v) is 1.91. The van der Waals surface area contributed by atoms with Crippen LogP contribution in [0, 0.1) is 10.1 Å². The van der Waals surface area contributed by atoms with Gasteiger partial charge < -0.3 is 0 Å². The van der Waals surface area contributed by atoms with Crippen LogP contribution in [-0.4, -0.2) is 16.7 Å². The van der Waals surface area contributed by atoms with Gasteiger partial charge in [0.15, 0.2) is 0 Å². The van der Waals surface area contributed by atoms with Crippen molar-refractivity contribution in [2.24, 2.45) is 0 Å². The molecular formula is C11H7F3N2O4. The van der Waals surface area contributed by atoms with E-state index in [9.17, 15) is 32.9 Å².